The normalized spacial score (nSPS) is 10.6. The van der Waals surface area contributed by atoms with Gasteiger partial charge in [0.2, 0.25) is 0 Å². The number of ether oxygens (including phenoxy) is 1. The summed E-state index contributed by atoms with van der Waals surface area (Å²) in [4.78, 5) is 12.9. The second kappa shape index (κ2) is 7.84. The minimum Gasteiger partial charge on any atom is -0.497 e. The van der Waals surface area contributed by atoms with Crippen LogP contribution in [0.5, 0.6) is 5.75 Å². The summed E-state index contributed by atoms with van der Waals surface area (Å²) in [5.41, 5.74) is 2.35. The number of aromatic nitrogens is 3. The Balaban J connectivity index is 1.64. The van der Waals surface area contributed by atoms with E-state index < -0.39 is 0 Å². The van der Waals surface area contributed by atoms with Crippen LogP contribution in [-0.2, 0) is 6.54 Å². The number of rotatable bonds is 6. The monoisotopic (exact) mass is 372 g/mol. The first-order valence-electron chi connectivity index (χ1n) is 8.94. The number of benzene rings is 2. The molecule has 0 aliphatic rings. The number of carbonyl (C=O) groups excluding carboxylic acids is 1. The van der Waals surface area contributed by atoms with Gasteiger partial charge in [-0.2, -0.15) is 5.10 Å². The SMILES string of the molecule is COc1cccc(CNC(=O)c2cnn(-c3ccccc3)c2-n2cccc2)c1. The molecule has 140 valence electrons. The smallest absolute Gasteiger partial charge is 0.256 e. The molecule has 0 spiro atoms. The summed E-state index contributed by atoms with van der Waals surface area (Å²) in [5, 5.41) is 7.43. The average molecular weight is 372 g/mol. The molecule has 6 heteroatoms. The lowest BCUT2D eigenvalue weighted by Crippen LogP contribution is -2.24. The van der Waals surface area contributed by atoms with E-state index in [0.29, 0.717) is 17.9 Å². The Morgan fingerprint density at radius 1 is 1.04 bits per heavy atom. The maximum absolute atomic E-state index is 12.9. The van der Waals surface area contributed by atoms with Gasteiger partial charge in [0.05, 0.1) is 19.0 Å². The van der Waals surface area contributed by atoms with Crippen molar-refractivity contribution in [1.82, 2.24) is 19.7 Å². The van der Waals surface area contributed by atoms with Crippen LogP contribution < -0.4 is 10.1 Å². The van der Waals surface area contributed by atoms with Crippen molar-refractivity contribution >= 4 is 5.91 Å². The fourth-order valence-corrected chi connectivity index (χ4v) is 3.04. The number of nitrogens with zero attached hydrogens (tertiary/aromatic N) is 3. The summed E-state index contributed by atoms with van der Waals surface area (Å²) in [5.74, 6) is 1.27. The van der Waals surface area contributed by atoms with Crippen molar-refractivity contribution in [3.05, 3.63) is 96.4 Å². The van der Waals surface area contributed by atoms with Gasteiger partial charge < -0.3 is 14.6 Å². The highest BCUT2D eigenvalue weighted by atomic mass is 16.5. The largest absolute Gasteiger partial charge is 0.497 e. The van der Waals surface area contributed by atoms with Crippen LogP contribution in [0.1, 0.15) is 15.9 Å². The zero-order valence-corrected chi connectivity index (χ0v) is 15.4. The molecule has 28 heavy (non-hydrogen) atoms. The summed E-state index contributed by atoms with van der Waals surface area (Å²) >= 11 is 0. The van der Waals surface area contributed by atoms with Gasteiger partial charge in [0.15, 0.2) is 5.82 Å². The molecule has 4 aromatic rings. The van der Waals surface area contributed by atoms with E-state index in [4.69, 9.17) is 4.74 Å². The Hall–Kier alpha value is -3.80. The van der Waals surface area contributed by atoms with E-state index in [2.05, 4.69) is 10.4 Å². The van der Waals surface area contributed by atoms with E-state index in [9.17, 15) is 4.79 Å². The van der Waals surface area contributed by atoms with Gasteiger partial charge in [-0.25, -0.2) is 4.68 Å². The minimum atomic E-state index is -0.186. The molecular weight excluding hydrogens is 352 g/mol. The molecule has 0 bridgehead atoms. The van der Waals surface area contributed by atoms with Gasteiger partial charge in [-0.1, -0.05) is 30.3 Å². The molecule has 2 aromatic carbocycles. The number of carbonyl (C=O) groups is 1. The molecular formula is C22H20N4O2. The highest BCUT2D eigenvalue weighted by molar-refractivity contribution is 5.97. The number of methoxy groups -OCH3 is 1. The Morgan fingerprint density at radius 2 is 1.82 bits per heavy atom. The third kappa shape index (κ3) is 3.53. The Bertz CT molecular complexity index is 1070. The number of hydrogen-bond acceptors (Lipinski definition) is 3. The predicted molar refractivity (Wildman–Crippen MR) is 107 cm³/mol. The van der Waals surface area contributed by atoms with Crippen molar-refractivity contribution in [2.75, 3.05) is 7.11 Å². The molecule has 2 heterocycles. The van der Waals surface area contributed by atoms with Crippen LogP contribution in [0.2, 0.25) is 0 Å². The van der Waals surface area contributed by atoms with Crippen LogP contribution in [0, 0.1) is 0 Å². The second-order valence-electron chi connectivity index (χ2n) is 6.25. The van der Waals surface area contributed by atoms with E-state index in [-0.39, 0.29) is 5.91 Å². The molecule has 0 aliphatic heterocycles. The number of hydrogen-bond donors (Lipinski definition) is 1. The average Bonchev–Trinajstić information content (AvgIpc) is 3.42. The summed E-state index contributed by atoms with van der Waals surface area (Å²) in [6.45, 7) is 0.400. The van der Waals surface area contributed by atoms with Crippen LogP contribution in [0.25, 0.3) is 11.5 Å². The van der Waals surface area contributed by atoms with Crippen LogP contribution in [0.3, 0.4) is 0 Å². The van der Waals surface area contributed by atoms with Crippen molar-refractivity contribution in [3.63, 3.8) is 0 Å². The van der Waals surface area contributed by atoms with E-state index >= 15 is 0 Å². The van der Waals surface area contributed by atoms with Gasteiger partial charge in [-0.3, -0.25) is 4.79 Å². The van der Waals surface area contributed by atoms with E-state index in [1.54, 1.807) is 18.0 Å². The van der Waals surface area contributed by atoms with Crippen molar-refractivity contribution in [3.8, 4) is 17.3 Å². The molecule has 0 radical (unpaired) electrons. The number of para-hydroxylation sites is 1. The van der Waals surface area contributed by atoms with Gasteiger partial charge in [0, 0.05) is 18.9 Å². The topological polar surface area (TPSA) is 61.1 Å². The summed E-state index contributed by atoms with van der Waals surface area (Å²) in [7, 11) is 1.62. The second-order valence-corrected chi connectivity index (χ2v) is 6.25. The van der Waals surface area contributed by atoms with Gasteiger partial charge >= 0.3 is 0 Å². The highest BCUT2D eigenvalue weighted by Gasteiger charge is 2.19. The molecule has 1 amide bonds. The summed E-state index contributed by atoms with van der Waals surface area (Å²) < 4.78 is 8.89. The fraction of sp³-hybridized carbons (Fsp3) is 0.0909. The summed E-state index contributed by atoms with van der Waals surface area (Å²) in [6.07, 6.45) is 5.40. The molecule has 4 rings (SSSR count). The molecule has 0 fully saturated rings. The Kier molecular flexibility index (Phi) is 4.93. The molecule has 2 aromatic heterocycles. The molecule has 0 saturated heterocycles. The molecule has 1 N–H and O–H groups in total. The molecule has 0 aliphatic carbocycles. The van der Waals surface area contributed by atoms with E-state index in [0.717, 1.165) is 17.0 Å². The van der Waals surface area contributed by atoms with Crippen LogP contribution in [0.4, 0.5) is 0 Å². The predicted octanol–water partition coefficient (Wildman–Crippen LogP) is 3.60. The van der Waals surface area contributed by atoms with Gasteiger partial charge in [0.1, 0.15) is 11.3 Å². The summed E-state index contributed by atoms with van der Waals surface area (Å²) in [6, 6.07) is 21.2. The lowest BCUT2D eigenvalue weighted by atomic mass is 10.2. The zero-order valence-electron chi connectivity index (χ0n) is 15.4. The van der Waals surface area contributed by atoms with Crippen molar-refractivity contribution in [2.24, 2.45) is 0 Å². The lowest BCUT2D eigenvalue weighted by Gasteiger charge is -2.11. The van der Waals surface area contributed by atoms with E-state index in [1.807, 2.05) is 83.7 Å². The molecule has 6 nitrogen and oxygen atoms in total. The quantitative estimate of drug-likeness (QED) is 0.563. The minimum absolute atomic E-state index is 0.186. The zero-order chi connectivity index (χ0) is 19.3. The third-order valence-electron chi connectivity index (χ3n) is 4.43. The first-order chi connectivity index (χ1) is 13.8. The van der Waals surface area contributed by atoms with Crippen molar-refractivity contribution in [1.29, 1.82) is 0 Å². The first kappa shape index (κ1) is 17.6. The Morgan fingerprint density at radius 3 is 2.57 bits per heavy atom. The van der Waals surface area contributed by atoms with Gasteiger partial charge in [-0.15, -0.1) is 0 Å². The third-order valence-corrected chi connectivity index (χ3v) is 4.43. The number of nitrogens with one attached hydrogen (secondary N) is 1. The molecule has 0 saturated carbocycles. The standard InChI is InChI=1S/C22H20N4O2/c1-28-19-11-7-8-17(14-19)15-23-21(27)20-16-24-26(18-9-3-2-4-10-18)22(20)25-12-5-6-13-25/h2-14,16H,15H2,1H3,(H,23,27). The first-order valence-corrected chi connectivity index (χ1v) is 8.94. The fourth-order valence-electron chi connectivity index (χ4n) is 3.04. The maximum Gasteiger partial charge on any atom is 0.256 e. The van der Waals surface area contributed by atoms with Gasteiger partial charge in [0.25, 0.3) is 5.91 Å². The van der Waals surface area contributed by atoms with Crippen molar-refractivity contribution < 1.29 is 9.53 Å². The molecule has 0 atom stereocenters. The molecule has 0 unspecified atom stereocenters. The maximum atomic E-state index is 12.9. The van der Waals surface area contributed by atoms with Crippen LogP contribution in [0.15, 0.2) is 85.3 Å². The Labute approximate surface area is 163 Å². The van der Waals surface area contributed by atoms with Crippen LogP contribution >= 0.6 is 0 Å². The lowest BCUT2D eigenvalue weighted by molar-refractivity contribution is 0.0951. The van der Waals surface area contributed by atoms with Crippen molar-refractivity contribution in [2.45, 2.75) is 6.54 Å². The number of amides is 1. The van der Waals surface area contributed by atoms with E-state index in [1.165, 1.54) is 0 Å². The highest BCUT2D eigenvalue weighted by Crippen LogP contribution is 2.20. The van der Waals surface area contributed by atoms with Gasteiger partial charge in [-0.05, 0) is 42.0 Å². The van der Waals surface area contributed by atoms with Crippen LogP contribution in [-0.4, -0.2) is 27.4 Å².